The van der Waals surface area contributed by atoms with Gasteiger partial charge >= 0.3 is 0 Å². The van der Waals surface area contributed by atoms with Crippen LogP contribution in [-0.2, 0) is 10.0 Å². The Labute approximate surface area is 192 Å². The molecule has 4 rings (SSSR count). The Morgan fingerprint density at radius 1 is 1.12 bits per heavy atom. The van der Waals surface area contributed by atoms with Crippen molar-refractivity contribution in [1.29, 1.82) is 0 Å². The van der Waals surface area contributed by atoms with E-state index in [4.69, 9.17) is 5.21 Å². The van der Waals surface area contributed by atoms with Gasteiger partial charge in [-0.15, -0.1) is 0 Å². The van der Waals surface area contributed by atoms with Crippen LogP contribution in [0.15, 0.2) is 59.8 Å². The lowest BCUT2D eigenvalue weighted by Gasteiger charge is -2.41. The van der Waals surface area contributed by atoms with Gasteiger partial charge in [-0.25, -0.2) is 23.9 Å². The van der Waals surface area contributed by atoms with E-state index in [1.165, 1.54) is 12.4 Å². The van der Waals surface area contributed by atoms with Gasteiger partial charge in [-0.2, -0.15) is 4.31 Å². The zero-order valence-electron chi connectivity index (χ0n) is 18.4. The van der Waals surface area contributed by atoms with Crippen molar-refractivity contribution in [2.75, 3.05) is 45.2 Å². The molecule has 0 spiro atoms. The van der Waals surface area contributed by atoms with Crippen LogP contribution < -0.4 is 10.4 Å². The van der Waals surface area contributed by atoms with Crippen LogP contribution in [0.25, 0.3) is 10.8 Å². The van der Waals surface area contributed by atoms with Crippen LogP contribution in [0.4, 0.5) is 5.95 Å². The Kier molecular flexibility index (Phi) is 6.56. The first-order valence-corrected chi connectivity index (χ1v) is 11.9. The standard InChI is InChI=1S/C22H26N6O4S/c1-26(2)14-19-15-27(22-23-12-18(13-24-22)21(29)25-30)9-10-28(19)33(31,32)20-8-7-16-5-3-4-6-17(16)11-20/h3-8,11-13,19,30H,9-10,14-15H2,1-2H3,(H,25,29). The molecule has 1 atom stereocenters. The topological polar surface area (TPSA) is 119 Å². The molecule has 0 bridgehead atoms. The maximum absolute atomic E-state index is 13.6. The van der Waals surface area contributed by atoms with Crippen LogP contribution in [0.5, 0.6) is 0 Å². The Morgan fingerprint density at radius 2 is 1.82 bits per heavy atom. The summed E-state index contributed by atoms with van der Waals surface area (Å²) in [6.07, 6.45) is 2.65. The summed E-state index contributed by atoms with van der Waals surface area (Å²) in [7, 11) is 0.0859. The summed E-state index contributed by atoms with van der Waals surface area (Å²) in [5.74, 6) is -0.297. The second-order valence-electron chi connectivity index (χ2n) is 8.20. The predicted molar refractivity (Wildman–Crippen MR) is 124 cm³/mol. The predicted octanol–water partition coefficient (Wildman–Crippen LogP) is 1.19. The molecule has 1 amide bonds. The molecule has 33 heavy (non-hydrogen) atoms. The van der Waals surface area contributed by atoms with Crippen molar-refractivity contribution >= 4 is 32.7 Å². The van der Waals surface area contributed by atoms with Crippen molar-refractivity contribution < 1.29 is 18.4 Å². The van der Waals surface area contributed by atoms with E-state index in [1.54, 1.807) is 21.9 Å². The molecular weight excluding hydrogens is 444 g/mol. The number of piperazine rings is 1. The van der Waals surface area contributed by atoms with Crippen LogP contribution in [-0.4, -0.2) is 85.0 Å². The number of amides is 1. The lowest BCUT2D eigenvalue weighted by Crippen LogP contribution is -2.58. The number of carbonyl (C=O) groups is 1. The highest BCUT2D eigenvalue weighted by molar-refractivity contribution is 7.89. The number of hydroxylamine groups is 1. The van der Waals surface area contributed by atoms with Gasteiger partial charge in [-0.3, -0.25) is 10.0 Å². The van der Waals surface area contributed by atoms with E-state index in [1.807, 2.05) is 54.2 Å². The molecule has 1 aromatic heterocycles. The minimum absolute atomic E-state index is 0.128. The molecule has 0 aliphatic carbocycles. The fourth-order valence-electron chi connectivity index (χ4n) is 4.04. The molecule has 11 heteroatoms. The molecule has 1 unspecified atom stereocenters. The number of sulfonamides is 1. The van der Waals surface area contributed by atoms with E-state index in [-0.39, 0.29) is 23.0 Å². The van der Waals surface area contributed by atoms with Gasteiger partial charge in [0.25, 0.3) is 5.91 Å². The monoisotopic (exact) mass is 470 g/mol. The first kappa shape index (κ1) is 23.1. The van der Waals surface area contributed by atoms with Gasteiger partial charge in [-0.1, -0.05) is 30.3 Å². The minimum Gasteiger partial charge on any atom is -0.338 e. The van der Waals surface area contributed by atoms with Crippen molar-refractivity contribution in [1.82, 2.24) is 24.7 Å². The van der Waals surface area contributed by atoms with E-state index < -0.39 is 15.9 Å². The number of anilines is 1. The smallest absolute Gasteiger partial charge is 0.277 e. The highest BCUT2D eigenvalue weighted by Gasteiger charge is 2.37. The first-order chi connectivity index (χ1) is 15.8. The van der Waals surface area contributed by atoms with Gasteiger partial charge in [-0.05, 0) is 37.0 Å². The summed E-state index contributed by atoms with van der Waals surface area (Å²) in [6, 6.07) is 12.6. The van der Waals surface area contributed by atoms with Gasteiger partial charge in [0.15, 0.2) is 0 Å². The number of hydrogen-bond acceptors (Lipinski definition) is 8. The first-order valence-electron chi connectivity index (χ1n) is 10.5. The lowest BCUT2D eigenvalue weighted by atomic mass is 10.1. The second kappa shape index (κ2) is 9.40. The number of likely N-dealkylation sites (N-methyl/N-ethyl adjacent to an activating group) is 1. The van der Waals surface area contributed by atoms with Crippen LogP contribution in [0, 0.1) is 0 Å². The van der Waals surface area contributed by atoms with Crippen molar-refractivity contribution in [2.24, 2.45) is 0 Å². The third-order valence-electron chi connectivity index (χ3n) is 5.62. The molecule has 1 fully saturated rings. The van der Waals surface area contributed by atoms with Gasteiger partial charge in [0.1, 0.15) is 0 Å². The van der Waals surface area contributed by atoms with Crippen molar-refractivity contribution in [3.8, 4) is 0 Å². The second-order valence-corrected chi connectivity index (χ2v) is 10.1. The molecule has 2 aromatic carbocycles. The highest BCUT2D eigenvalue weighted by Crippen LogP contribution is 2.26. The number of nitrogens with zero attached hydrogens (tertiary/aromatic N) is 5. The molecule has 2 N–H and O–H groups in total. The maximum Gasteiger partial charge on any atom is 0.277 e. The van der Waals surface area contributed by atoms with Crippen LogP contribution in [0.3, 0.4) is 0 Å². The molecule has 10 nitrogen and oxygen atoms in total. The Balaban J connectivity index is 1.60. The fourth-order valence-corrected chi connectivity index (χ4v) is 5.67. The summed E-state index contributed by atoms with van der Waals surface area (Å²) < 4.78 is 28.8. The van der Waals surface area contributed by atoms with Gasteiger partial charge < -0.3 is 9.80 Å². The van der Waals surface area contributed by atoms with E-state index in [9.17, 15) is 13.2 Å². The molecule has 3 aromatic rings. The van der Waals surface area contributed by atoms with Crippen molar-refractivity contribution in [3.63, 3.8) is 0 Å². The molecule has 0 saturated carbocycles. The number of nitrogens with one attached hydrogen (secondary N) is 1. The molecular formula is C22H26N6O4S. The third kappa shape index (κ3) is 4.81. The van der Waals surface area contributed by atoms with E-state index in [0.29, 0.717) is 25.6 Å². The highest BCUT2D eigenvalue weighted by atomic mass is 32.2. The molecule has 1 aliphatic heterocycles. The van der Waals surface area contributed by atoms with E-state index >= 15 is 0 Å². The molecule has 2 heterocycles. The normalized spacial score (nSPS) is 17.5. The zero-order valence-corrected chi connectivity index (χ0v) is 19.2. The average molecular weight is 471 g/mol. The molecule has 174 valence electrons. The number of benzene rings is 2. The summed E-state index contributed by atoms with van der Waals surface area (Å²) in [5, 5.41) is 10.6. The fraction of sp³-hybridized carbons (Fsp3) is 0.318. The van der Waals surface area contributed by atoms with Crippen molar-refractivity contribution in [3.05, 3.63) is 60.4 Å². The van der Waals surface area contributed by atoms with Crippen LogP contribution in [0.2, 0.25) is 0 Å². The maximum atomic E-state index is 13.6. The number of hydrogen-bond donors (Lipinski definition) is 2. The van der Waals surface area contributed by atoms with Crippen molar-refractivity contribution in [2.45, 2.75) is 10.9 Å². The van der Waals surface area contributed by atoms with Crippen LogP contribution >= 0.6 is 0 Å². The SMILES string of the molecule is CN(C)CC1CN(c2ncc(C(=O)NO)cn2)CCN1S(=O)(=O)c1ccc2ccccc2c1. The third-order valence-corrected chi connectivity index (χ3v) is 7.56. The number of carbonyl (C=O) groups excluding carboxylic acids is 1. The number of rotatable bonds is 6. The molecule has 1 saturated heterocycles. The van der Waals surface area contributed by atoms with Crippen LogP contribution in [0.1, 0.15) is 10.4 Å². The van der Waals surface area contributed by atoms with E-state index in [2.05, 4.69) is 9.97 Å². The molecule has 1 aliphatic rings. The van der Waals surface area contributed by atoms with Gasteiger partial charge in [0, 0.05) is 38.6 Å². The van der Waals surface area contributed by atoms with E-state index in [0.717, 1.165) is 10.8 Å². The van der Waals surface area contributed by atoms with Gasteiger partial charge in [0.05, 0.1) is 16.5 Å². The Morgan fingerprint density at radius 3 is 2.48 bits per heavy atom. The largest absolute Gasteiger partial charge is 0.338 e. The summed E-state index contributed by atoms with van der Waals surface area (Å²) >= 11 is 0. The lowest BCUT2D eigenvalue weighted by molar-refractivity contribution is 0.0705. The number of fused-ring (bicyclic) bond motifs is 1. The Bertz CT molecular complexity index is 1250. The van der Waals surface area contributed by atoms with Gasteiger partial charge in [0.2, 0.25) is 16.0 Å². The summed E-state index contributed by atoms with van der Waals surface area (Å²) in [4.78, 5) is 24.1. The number of aromatic nitrogens is 2. The minimum atomic E-state index is -3.72. The zero-order chi connectivity index (χ0) is 23.6. The summed E-state index contributed by atoms with van der Waals surface area (Å²) in [6.45, 7) is 1.60. The molecule has 0 radical (unpaired) electrons. The quantitative estimate of drug-likeness (QED) is 0.407. The average Bonchev–Trinajstić information content (AvgIpc) is 2.82. The summed E-state index contributed by atoms with van der Waals surface area (Å²) in [5.41, 5.74) is 1.67. The Hall–Kier alpha value is -3.12.